The Labute approximate surface area is 204 Å². The van der Waals surface area contributed by atoms with Crippen LogP contribution in [0.1, 0.15) is 35.7 Å². The first-order chi connectivity index (χ1) is 16.9. The van der Waals surface area contributed by atoms with Crippen molar-refractivity contribution < 1.29 is 14.5 Å². The minimum Gasteiger partial charge on any atom is -0.371 e. The Kier molecular flexibility index (Phi) is 7.40. The lowest BCUT2D eigenvalue weighted by Crippen LogP contribution is -2.35. The van der Waals surface area contributed by atoms with E-state index >= 15 is 0 Å². The zero-order chi connectivity index (χ0) is 24.8. The number of nitro benzene ring substituents is 1. The first-order valence-electron chi connectivity index (χ1n) is 11.7. The molecule has 1 aliphatic heterocycles. The summed E-state index contributed by atoms with van der Waals surface area (Å²) in [5.74, 6) is -0.0966. The van der Waals surface area contributed by atoms with Crippen LogP contribution >= 0.6 is 0 Å². The summed E-state index contributed by atoms with van der Waals surface area (Å²) in [7, 11) is 0. The van der Waals surface area contributed by atoms with Gasteiger partial charge in [-0.15, -0.1) is 0 Å². The fraction of sp³-hybridized carbons (Fsp3) is 0.259. The maximum Gasteiger partial charge on any atom is 0.270 e. The van der Waals surface area contributed by atoms with Gasteiger partial charge in [-0.25, -0.2) is 0 Å². The molecule has 1 saturated heterocycles. The highest BCUT2D eigenvalue weighted by Crippen LogP contribution is 2.31. The van der Waals surface area contributed by atoms with Crippen molar-refractivity contribution in [2.75, 3.05) is 28.6 Å². The fourth-order valence-corrected chi connectivity index (χ4v) is 4.50. The van der Waals surface area contributed by atoms with Crippen LogP contribution in [0.4, 0.5) is 22.7 Å². The summed E-state index contributed by atoms with van der Waals surface area (Å²) in [6.45, 7) is 2.95. The predicted molar refractivity (Wildman–Crippen MR) is 137 cm³/mol. The van der Waals surface area contributed by atoms with E-state index in [0.717, 1.165) is 32.4 Å². The van der Waals surface area contributed by atoms with Gasteiger partial charge in [0.05, 0.1) is 16.2 Å². The summed E-state index contributed by atoms with van der Waals surface area (Å²) in [6, 6.07) is 21.6. The van der Waals surface area contributed by atoms with Crippen LogP contribution in [0.5, 0.6) is 0 Å². The minimum absolute atomic E-state index is 0.134. The molecule has 180 valence electrons. The van der Waals surface area contributed by atoms with E-state index in [1.165, 1.54) is 24.6 Å². The SMILES string of the molecule is CC(=O)Nc1cccc(NC(=O)c2cc([N+](=O)[O-])ccc2N2CCC(Cc3ccccc3)CC2)c1. The lowest BCUT2D eigenvalue weighted by molar-refractivity contribution is -0.384. The molecule has 0 aliphatic carbocycles. The third-order valence-electron chi connectivity index (χ3n) is 6.20. The number of carbonyl (C=O) groups is 2. The number of rotatable bonds is 7. The highest BCUT2D eigenvalue weighted by molar-refractivity contribution is 6.09. The zero-order valence-corrected chi connectivity index (χ0v) is 19.6. The third-order valence-corrected chi connectivity index (χ3v) is 6.20. The van der Waals surface area contributed by atoms with Crippen LogP contribution in [0.2, 0.25) is 0 Å². The van der Waals surface area contributed by atoms with Crippen molar-refractivity contribution in [1.29, 1.82) is 0 Å². The summed E-state index contributed by atoms with van der Waals surface area (Å²) in [4.78, 5) is 37.6. The second-order valence-corrected chi connectivity index (χ2v) is 8.79. The standard InChI is InChI=1S/C27H28N4O4/c1-19(32)28-22-8-5-9-23(17-22)29-27(33)25-18-24(31(34)35)10-11-26(25)30-14-12-21(13-15-30)16-20-6-3-2-4-7-20/h2-11,17-18,21H,12-16H2,1H3,(H,28,32)(H,29,33). The van der Waals surface area contributed by atoms with Crippen LogP contribution in [0, 0.1) is 16.0 Å². The molecular weight excluding hydrogens is 444 g/mol. The Bertz CT molecular complexity index is 1220. The number of non-ortho nitro benzene ring substituents is 1. The Morgan fingerprint density at radius 2 is 1.63 bits per heavy atom. The number of nitro groups is 1. The summed E-state index contributed by atoms with van der Waals surface area (Å²) in [6.07, 6.45) is 2.98. The molecule has 3 aromatic carbocycles. The number of nitrogens with one attached hydrogen (secondary N) is 2. The third kappa shape index (κ3) is 6.23. The molecule has 0 unspecified atom stereocenters. The summed E-state index contributed by atoms with van der Waals surface area (Å²) in [5.41, 5.74) is 3.16. The number of carbonyl (C=O) groups excluding carboxylic acids is 2. The van der Waals surface area contributed by atoms with Gasteiger partial charge in [-0.1, -0.05) is 36.4 Å². The molecule has 0 aromatic heterocycles. The smallest absolute Gasteiger partial charge is 0.270 e. The molecule has 8 heteroatoms. The normalized spacial score (nSPS) is 13.8. The molecule has 0 saturated carbocycles. The molecule has 35 heavy (non-hydrogen) atoms. The van der Waals surface area contributed by atoms with Crippen LogP contribution in [-0.2, 0) is 11.2 Å². The molecule has 0 radical (unpaired) electrons. The zero-order valence-electron chi connectivity index (χ0n) is 19.6. The van der Waals surface area contributed by atoms with E-state index in [0.29, 0.717) is 23.0 Å². The monoisotopic (exact) mass is 472 g/mol. The number of benzene rings is 3. The predicted octanol–water partition coefficient (Wildman–Crippen LogP) is 5.26. The molecule has 2 N–H and O–H groups in total. The first-order valence-corrected chi connectivity index (χ1v) is 11.7. The van der Waals surface area contributed by atoms with Crippen LogP contribution < -0.4 is 15.5 Å². The maximum atomic E-state index is 13.2. The van der Waals surface area contributed by atoms with Gasteiger partial charge >= 0.3 is 0 Å². The molecule has 2 amide bonds. The van der Waals surface area contributed by atoms with Gasteiger partial charge in [0.1, 0.15) is 0 Å². The van der Waals surface area contributed by atoms with Crippen molar-refractivity contribution in [3.05, 3.63) is 94.0 Å². The Morgan fingerprint density at radius 3 is 2.29 bits per heavy atom. The number of nitrogens with zero attached hydrogens (tertiary/aromatic N) is 2. The van der Waals surface area contributed by atoms with Crippen molar-refractivity contribution in [3.8, 4) is 0 Å². The number of hydrogen-bond acceptors (Lipinski definition) is 5. The van der Waals surface area contributed by atoms with Crippen molar-refractivity contribution in [1.82, 2.24) is 0 Å². The van der Waals surface area contributed by atoms with Crippen LogP contribution in [0.25, 0.3) is 0 Å². The topological polar surface area (TPSA) is 105 Å². The van der Waals surface area contributed by atoms with Gasteiger partial charge in [-0.2, -0.15) is 0 Å². The number of amides is 2. The molecule has 0 atom stereocenters. The average Bonchev–Trinajstić information content (AvgIpc) is 2.84. The van der Waals surface area contributed by atoms with E-state index in [2.05, 4.69) is 39.8 Å². The molecule has 1 aliphatic rings. The van der Waals surface area contributed by atoms with Gasteiger partial charge in [0.15, 0.2) is 0 Å². The Balaban J connectivity index is 1.51. The van der Waals surface area contributed by atoms with Gasteiger partial charge in [0.25, 0.3) is 11.6 Å². The van der Waals surface area contributed by atoms with E-state index in [1.54, 1.807) is 30.3 Å². The molecule has 8 nitrogen and oxygen atoms in total. The minimum atomic E-state index is -0.496. The van der Waals surface area contributed by atoms with Crippen LogP contribution in [0.3, 0.4) is 0 Å². The number of piperidine rings is 1. The van der Waals surface area contributed by atoms with Crippen LogP contribution in [0.15, 0.2) is 72.8 Å². The van der Waals surface area contributed by atoms with Gasteiger partial charge < -0.3 is 15.5 Å². The number of anilines is 3. The van der Waals surface area contributed by atoms with E-state index < -0.39 is 10.8 Å². The van der Waals surface area contributed by atoms with Crippen LogP contribution in [-0.4, -0.2) is 29.8 Å². The first kappa shape index (κ1) is 23.9. The molecular formula is C27H28N4O4. The van der Waals surface area contributed by atoms with E-state index in [-0.39, 0.29) is 17.2 Å². The van der Waals surface area contributed by atoms with E-state index in [1.807, 2.05) is 6.07 Å². The second-order valence-electron chi connectivity index (χ2n) is 8.79. The van der Waals surface area contributed by atoms with E-state index in [4.69, 9.17) is 0 Å². The maximum absolute atomic E-state index is 13.2. The summed E-state index contributed by atoms with van der Waals surface area (Å²) < 4.78 is 0. The molecule has 3 aromatic rings. The van der Waals surface area contributed by atoms with E-state index in [9.17, 15) is 19.7 Å². The second kappa shape index (κ2) is 10.8. The lowest BCUT2D eigenvalue weighted by Gasteiger charge is -2.34. The Hall–Kier alpha value is -4.20. The molecule has 0 spiro atoms. The van der Waals surface area contributed by atoms with Gasteiger partial charge in [0, 0.05) is 43.5 Å². The Morgan fingerprint density at radius 1 is 0.943 bits per heavy atom. The lowest BCUT2D eigenvalue weighted by atomic mass is 9.89. The van der Waals surface area contributed by atoms with Gasteiger partial charge in [-0.3, -0.25) is 19.7 Å². The largest absolute Gasteiger partial charge is 0.371 e. The van der Waals surface area contributed by atoms with Gasteiger partial charge in [0.2, 0.25) is 5.91 Å². The van der Waals surface area contributed by atoms with Crippen molar-refractivity contribution >= 4 is 34.6 Å². The van der Waals surface area contributed by atoms with Gasteiger partial charge in [-0.05, 0) is 55.0 Å². The molecule has 1 fully saturated rings. The number of hydrogen-bond donors (Lipinski definition) is 2. The fourth-order valence-electron chi connectivity index (χ4n) is 4.50. The highest BCUT2D eigenvalue weighted by atomic mass is 16.6. The quantitative estimate of drug-likeness (QED) is 0.360. The summed E-state index contributed by atoms with van der Waals surface area (Å²) in [5, 5.41) is 16.9. The van der Waals surface area contributed by atoms with Crippen molar-refractivity contribution in [3.63, 3.8) is 0 Å². The summed E-state index contributed by atoms with van der Waals surface area (Å²) >= 11 is 0. The molecule has 1 heterocycles. The van der Waals surface area contributed by atoms with Crippen molar-refractivity contribution in [2.24, 2.45) is 5.92 Å². The molecule has 0 bridgehead atoms. The molecule has 4 rings (SSSR count). The van der Waals surface area contributed by atoms with Crippen molar-refractivity contribution in [2.45, 2.75) is 26.2 Å². The average molecular weight is 473 g/mol. The highest BCUT2D eigenvalue weighted by Gasteiger charge is 2.25.